The Labute approximate surface area is 219 Å². The van der Waals surface area contributed by atoms with Crippen LogP contribution in [0.25, 0.3) is 11.6 Å². The molecule has 0 aliphatic carbocycles. The molecule has 7 nitrogen and oxygen atoms in total. The predicted octanol–water partition coefficient (Wildman–Crippen LogP) is 6.93. The lowest BCUT2D eigenvalue weighted by Crippen LogP contribution is -2.32. The van der Waals surface area contributed by atoms with Gasteiger partial charge in [-0.15, -0.1) is 0 Å². The number of primary amides is 1. The Kier molecular flexibility index (Phi) is 6.35. The highest BCUT2D eigenvalue weighted by molar-refractivity contribution is 6.35. The lowest BCUT2D eigenvalue weighted by atomic mass is 10.1. The van der Waals surface area contributed by atoms with E-state index in [2.05, 4.69) is 15.6 Å². The van der Waals surface area contributed by atoms with Gasteiger partial charge in [-0.05, 0) is 73.2 Å². The molecule has 0 fully saturated rings. The molecule has 3 amide bonds. The summed E-state index contributed by atoms with van der Waals surface area (Å²) in [7, 11) is 0. The molecule has 1 aromatic heterocycles. The molecule has 198 valence electrons. The molecule has 39 heavy (non-hydrogen) atoms. The van der Waals surface area contributed by atoms with Crippen molar-refractivity contribution < 1.29 is 27.2 Å². The summed E-state index contributed by atoms with van der Waals surface area (Å²) in [4.78, 5) is 28.6. The standard InChI is InChI=1S/C28H21F4N5O2/c1-15-4-7-19(37(27(33)39)25-11-16(28(30,31)32)5-9-22(25)29)14-23(15)35-18-6-8-20-21(12-17-3-2-10-34-17)26(38)36-24(20)13-18/h2-14,34-35H,1H3,(H2,33,39)(H,36,38)/b21-12-. The number of H-pyrrole nitrogens is 1. The average molecular weight is 536 g/mol. The number of aromatic nitrogens is 1. The van der Waals surface area contributed by atoms with Crippen molar-refractivity contribution in [3.8, 4) is 0 Å². The number of aryl methyl sites for hydroxylation is 1. The van der Waals surface area contributed by atoms with Crippen LogP contribution in [0.1, 0.15) is 22.4 Å². The van der Waals surface area contributed by atoms with Crippen LogP contribution < -0.4 is 21.3 Å². The minimum Gasteiger partial charge on any atom is -0.362 e. The van der Waals surface area contributed by atoms with Gasteiger partial charge in [-0.25, -0.2) is 9.18 Å². The number of nitrogens with one attached hydrogen (secondary N) is 3. The number of urea groups is 1. The van der Waals surface area contributed by atoms with Crippen LogP contribution in [0.5, 0.6) is 0 Å². The third-order valence-corrected chi connectivity index (χ3v) is 6.22. The molecule has 0 spiro atoms. The van der Waals surface area contributed by atoms with Crippen LogP contribution in [-0.4, -0.2) is 16.9 Å². The molecule has 1 aliphatic heterocycles. The molecule has 3 aromatic carbocycles. The molecular formula is C28H21F4N5O2. The maximum atomic E-state index is 14.6. The van der Waals surface area contributed by atoms with Gasteiger partial charge in [0.25, 0.3) is 5.91 Å². The van der Waals surface area contributed by atoms with Gasteiger partial charge in [0.2, 0.25) is 0 Å². The number of hydrogen-bond donors (Lipinski definition) is 4. The van der Waals surface area contributed by atoms with Crippen molar-refractivity contribution in [2.75, 3.05) is 15.5 Å². The third kappa shape index (κ3) is 5.06. The Morgan fingerprint density at radius 2 is 1.85 bits per heavy atom. The van der Waals surface area contributed by atoms with E-state index in [4.69, 9.17) is 5.73 Å². The van der Waals surface area contributed by atoms with E-state index in [9.17, 15) is 27.2 Å². The number of carbonyl (C=O) groups is 2. The number of amides is 3. The first kappa shape index (κ1) is 25.6. The first-order valence-corrected chi connectivity index (χ1v) is 11.7. The van der Waals surface area contributed by atoms with E-state index in [1.807, 2.05) is 12.1 Å². The number of rotatable bonds is 5. The minimum atomic E-state index is -4.74. The largest absolute Gasteiger partial charge is 0.416 e. The molecular weight excluding hydrogens is 514 g/mol. The Bertz CT molecular complexity index is 1630. The summed E-state index contributed by atoms with van der Waals surface area (Å²) in [6, 6.07) is 14.1. The molecule has 5 N–H and O–H groups in total. The van der Waals surface area contributed by atoms with E-state index in [1.54, 1.807) is 43.5 Å². The fourth-order valence-electron chi connectivity index (χ4n) is 4.29. The second-order valence-corrected chi connectivity index (χ2v) is 8.86. The van der Waals surface area contributed by atoms with Crippen LogP contribution in [0.15, 0.2) is 72.9 Å². The fourth-order valence-corrected chi connectivity index (χ4v) is 4.29. The number of nitrogens with two attached hydrogens (primary N) is 1. The van der Waals surface area contributed by atoms with Crippen molar-refractivity contribution in [3.05, 3.63) is 101 Å². The van der Waals surface area contributed by atoms with Gasteiger partial charge in [0.15, 0.2) is 0 Å². The fraction of sp³-hybridized carbons (Fsp3) is 0.0714. The van der Waals surface area contributed by atoms with Gasteiger partial charge in [-0.3, -0.25) is 9.69 Å². The molecule has 11 heteroatoms. The van der Waals surface area contributed by atoms with E-state index in [1.165, 1.54) is 12.1 Å². The number of fused-ring (bicyclic) bond motifs is 1. The highest BCUT2D eigenvalue weighted by atomic mass is 19.4. The van der Waals surface area contributed by atoms with Crippen molar-refractivity contribution in [2.45, 2.75) is 13.1 Å². The summed E-state index contributed by atoms with van der Waals surface area (Å²) < 4.78 is 54.4. The van der Waals surface area contributed by atoms with Gasteiger partial charge >= 0.3 is 12.2 Å². The highest BCUT2D eigenvalue weighted by Crippen LogP contribution is 2.38. The lowest BCUT2D eigenvalue weighted by Gasteiger charge is -2.23. The average Bonchev–Trinajstić information content (AvgIpc) is 3.49. The number of hydrogen-bond acceptors (Lipinski definition) is 3. The van der Waals surface area contributed by atoms with E-state index in [0.29, 0.717) is 51.3 Å². The van der Waals surface area contributed by atoms with Crippen LogP contribution in [0.2, 0.25) is 0 Å². The van der Waals surface area contributed by atoms with Crippen LogP contribution in [-0.2, 0) is 11.0 Å². The molecule has 0 atom stereocenters. The summed E-state index contributed by atoms with van der Waals surface area (Å²) in [5.41, 5.74) is 8.15. The summed E-state index contributed by atoms with van der Waals surface area (Å²) in [6.07, 6.45) is -1.25. The van der Waals surface area contributed by atoms with Crippen LogP contribution in [0.3, 0.4) is 0 Å². The summed E-state index contributed by atoms with van der Waals surface area (Å²) in [5, 5.41) is 6.01. The SMILES string of the molecule is Cc1ccc(N(C(N)=O)c2cc(C(F)(F)F)ccc2F)cc1Nc1ccc2c(c1)NC(=O)/C2=C\c1ccc[nH]1. The van der Waals surface area contributed by atoms with Gasteiger partial charge in [0.1, 0.15) is 5.82 Å². The molecule has 5 rings (SSSR count). The van der Waals surface area contributed by atoms with E-state index >= 15 is 0 Å². The minimum absolute atomic E-state index is 0.0551. The van der Waals surface area contributed by atoms with Gasteiger partial charge in [0.05, 0.1) is 28.2 Å². The molecule has 1 aliphatic rings. The first-order valence-electron chi connectivity index (χ1n) is 11.7. The Balaban J connectivity index is 1.48. The normalized spacial score (nSPS) is 13.8. The second kappa shape index (κ2) is 9.67. The van der Waals surface area contributed by atoms with Crippen LogP contribution in [0, 0.1) is 12.7 Å². The first-order chi connectivity index (χ1) is 18.5. The second-order valence-electron chi connectivity index (χ2n) is 8.86. The molecule has 0 radical (unpaired) electrons. The predicted molar refractivity (Wildman–Crippen MR) is 141 cm³/mol. The number of nitrogens with zero attached hydrogens (tertiary/aromatic N) is 1. The van der Waals surface area contributed by atoms with Gasteiger partial charge in [-0.1, -0.05) is 12.1 Å². The number of benzene rings is 3. The summed E-state index contributed by atoms with van der Waals surface area (Å²) >= 11 is 0. The monoisotopic (exact) mass is 535 g/mol. The van der Waals surface area contributed by atoms with Gasteiger partial charge < -0.3 is 21.4 Å². The molecule has 4 aromatic rings. The summed E-state index contributed by atoms with van der Waals surface area (Å²) in [5.74, 6) is -1.30. The molecule has 0 unspecified atom stereocenters. The topological polar surface area (TPSA) is 103 Å². The van der Waals surface area contributed by atoms with Crippen molar-refractivity contribution in [1.29, 1.82) is 0 Å². The maximum absolute atomic E-state index is 14.6. The highest BCUT2D eigenvalue weighted by Gasteiger charge is 2.33. The van der Waals surface area contributed by atoms with E-state index in [0.717, 1.165) is 11.3 Å². The summed E-state index contributed by atoms with van der Waals surface area (Å²) in [6.45, 7) is 1.78. The van der Waals surface area contributed by atoms with Crippen LogP contribution >= 0.6 is 0 Å². The molecule has 0 saturated carbocycles. The molecule has 0 bridgehead atoms. The quantitative estimate of drug-likeness (QED) is 0.165. The molecule has 0 saturated heterocycles. The zero-order chi connectivity index (χ0) is 27.9. The number of carbonyl (C=O) groups excluding carboxylic acids is 2. The number of anilines is 5. The number of halogens is 4. The zero-order valence-electron chi connectivity index (χ0n) is 20.4. The van der Waals surface area contributed by atoms with Crippen molar-refractivity contribution >= 4 is 52.0 Å². The molecule has 2 heterocycles. The van der Waals surface area contributed by atoms with Crippen molar-refractivity contribution in [1.82, 2.24) is 4.98 Å². The van der Waals surface area contributed by atoms with E-state index < -0.39 is 29.3 Å². The van der Waals surface area contributed by atoms with Crippen LogP contribution in [0.4, 0.5) is 50.8 Å². The number of aromatic amines is 1. The Morgan fingerprint density at radius 1 is 1.05 bits per heavy atom. The Hall–Kier alpha value is -5.06. The van der Waals surface area contributed by atoms with Gasteiger partial charge in [-0.2, -0.15) is 13.2 Å². The maximum Gasteiger partial charge on any atom is 0.416 e. The zero-order valence-corrected chi connectivity index (χ0v) is 20.4. The lowest BCUT2D eigenvalue weighted by molar-refractivity contribution is -0.137. The number of alkyl halides is 3. The van der Waals surface area contributed by atoms with E-state index in [-0.39, 0.29) is 11.6 Å². The Morgan fingerprint density at radius 3 is 2.54 bits per heavy atom. The van der Waals surface area contributed by atoms with Gasteiger partial charge in [0, 0.05) is 28.8 Å². The van der Waals surface area contributed by atoms with Crippen molar-refractivity contribution in [2.24, 2.45) is 5.73 Å². The third-order valence-electron chi connectivity index (χ3n) is 6.22. The van der Waals surface area contributed by atoms with Crippen molar-refractivity contribution in [3.63, 3.8) is 0 Å². The smallest absolute Gasteiger partial charge is 0.362 e.